The van der Waals surface area contributed by atoms with Crippen LogP contribution in [0.15, 0.2) is 22.8 Å². The zero-order valence-corrected chi connectivity index (χ0v) is 11.8. The van der Waals surface area contributed by atoms with Crippen molar-refractivity contribution in [3.8, 4) is 0 Å². The second kappa shape index (κ2) is 4.31. The molecule has 0 radical (unpaired) electrons. The highest BCUT2D eigenvalue weighted by Gasteiger charge is 2.49. The Hall–Kier alpha value is -1.88. The van der Waals surface area contributed by atoms with Crippen LogP contribution < -0.4 is 0 Å². The van der Waals surface area contributed by atoms with Crippen LogP contribution in [0.4, 0.5) is 0 Å². The quantitative estimate of drug-likeness (QED) is 0.877. The number of ketones is 1. The van der Waals surface area contributed by atoms with E-state index in [0.717, 1.165) is 17.0 Å². The van der Waals surface area contributed by atoms with Gasteiger partial charge in [0.15, 0.2) is 0 Å². The third-order valence-corrected chi connectivity index (χ3v) is 4.20. The number of nitrogens with zero attached hydrogens (tertiary/aromatic N) is 1. The molecule has 1 aliphatic rings. The molecule has 0 spiro atoms. The predicted molar refractivity (Wildman–Crippen MR) is 72.4 cm³/mol. The summed E-state index contributed by atoms with van der Waals surface area (Å²) in [7, 11) is 0. The number of hydrogen-bond donors (Lipinski definition) is 2. The molecule has 5 nitrogen and oxygen atoms in total. The van der Waals surface area contributed by atoms with Crippen LogP contribution in [-0.4, -0.2) is 26.7 Å². The number of H-pyrrole nitrogens is 1. The smallest absolute Gasteiger partial charge is 0.136 e. The molecule has 0 bridgehead atoms. The number of carbonyl (C=O) groups excluding carboxylic acids is 1. The lowest BCUT2D eigenvalue weighted by Crippen LogP contribution is -2.48. The van der Waals surface area contributed by atoms with Crippen LogP contribution in [0.5, 0.6) is 0 Å². The molecule has 2 N–H and O–H groups in total. The number of nitrogens with one attached hydrogen (secondary N) is 1. The van der Waals surface area contributed by atoms with Crippen LogP contribution in [0.1, 0.15) is 42.5 Å². The molecule has 5 heteroatoms. The zero-order chi connectivity index (χ0) is 14.5. The first kappa shape index (κ1) is 13.1. The number of aromatic amines is 1. The number of furan rings is 1. The number of aliphatic hydroxyl groups is 1. The molecule has 0 saturated heterocycles. The molecule has 2 heterocycles. The highest BCUT2D eigenvalue weighted by Crippen LogP contribution is 2.46. The van der Waals surface area contributed by atoms with Gasteiger partial charge in [-0.25, -0.2) is 0 Å². The SMILES string of the molecule is CC(=O)[C@@H]1[C@H](c2ccco2)c2c(n[nH]c2C)C[C@@]1(C)O. The minimum Gasteiger partial charge on any atom is -0.469 e. The fourth-order valence-electron chi connectivity index (χ4n) is 3.46. The third-order valence-electron chi connectivity index (χ3n) is 4.20. The van der Waals surface area contributed by atoms with Crippen molar-refractivity contribution < 1.29 is 14.3 Å². The monoisotopic (exact) mass is 274 g/mol. The highest BCUT2D eigenvalue weighted by atomic mass is 16.3. The van der Waals surface area contributed by atoms with Crippen molar-refractivity contribution in [2.75, 3.05) is 0 Å². The molecule has 3 atom stereocenters. The maximum atomic E-state index is 12.1. The number of hydrogen-bond acceptors (Lipinski definition) is 4. The van der Waals surface area contributed by atoms with Crippen molar-refractivity contribution in [3.63, 3.8) is 0 Å². The molecule has 2 aromatic heterocycles. The van der Waals surface area contributed by atoms with Crippen molar-refractivity contribution in [3.05, 3.63) is 41.1 Å². The molecular weight excluding hydrogens is 256 g/mol. The molecular formula is C15H18N2O3. The average Bonchev–Trinajstić information content (AvgIpc) is 2.96. The van der Waals surface area contributed by atoms with Crippen LogP contribution >= 0.6 is 0 Å². The largest absolute Gasteiger partial charge is 0.469 e. The molecule has 0 amide bonds. The number of Topliss-reactive ketones (excluding diaryl/α,β-unsaturated/α-hetero) is 1. The van der Waals surface area contributed by atoms with E-state index in [4.69, 9.17) is 4.42 Å². The second-order valence-corrected chi connectivity index (χ2v) is 5.82. The Morgan fingerprint density at radius 1 is 1.60 bits per heavy atom. The van der Waals surface area contributed by atoms with Gasteiger partial charge in [0, 0.05) is 17.7 Å². The second-order valence-electron chi connectivity index (χ2n) is 5.82. The van der Waals surface area contributed by atoms with Gasteiger partial charge in [0.05, 0.1) is 29.4 Å². The van der Waals surface area contributed by atoms with Crippen LogP contribution in [-0.2, 0) is 11.2 Å². The molecule has 0 aliphatic heterocycles. The molecule has 0 saturated carbocycles. The Balaban J connectivity index is 2.23. The van der Waals surface area contributed by atoms with Gasteiger partial charge in [0.1, 0.15) is 11.5 Å². The first-order chi connectivity index (χ1) is 9.42. The molecule has 0 fully saturated rings. The first-order valence-electron chi connectivity index (χ1n) is 6.72. The maximum absolute atomic E-state index is 12.1. The Kier molecular flexibility index (Phi) is 2.83. The van der Waals surface area contributed by atoms with E-state index in [1.54, 1.807) is 19.3 Å². The van der Waals surface area contributed by atoms with E-state index in [1.165, 1.54) is 6.92 Å². The van der Waals surface area contributed by atoms with Crippen molar-refractivity contribution in [2.45, 2.75) is 38.7 Å². The van der Waals surface area contributed by atoms with E-state index in [2.05, 4.69) is 10.2 Å². The van der Waals surface area contributed by atoms with Crippen molar-refractivity contribution in [1.82, 2.24) is 10.2 Å². The maximum Gasteiger partial charge on any atom is 0.136 e. The standard InChI is InChI=1S/C15H18N2O3/c1-8-12-10(17-16-8)7-15(3,19)14(9(2)18)13(12)11-5-4-6-20-11/h4-6,13-14,19H,7H2,1-3H3,(H,16,17)/t13-,14-,15-/m1/s1. The van der Waals surface area contributed by atoms with Gasteiger partial charge >= 0.3 is 0 Å². The lowest BCUT2D eigenvalue weighted by molar-refractivity contribution is -0.131. The van der Waals surface area contributed by atoms with E-state index < -0.39 is 11.5 Å². The van der Waals surface area contributed by atoms with Gasteiger partial charge in [-0.3, -0.25) is 9.89 Å². The van der Waals surface area contributed by atoms with Crippen LogP contribution in [0.25, 0.3) is 0 Å². The normalized spacial score (nSPS) is 29.2. The number of fused-ring (bicyclic) bond motifs is 1. The van der Waals surface area contributed by atoms with E-state index >= 15 is 0 Å². The van der Waals surface area contributed by atoms with Crippen LogP contribution in [0.3, 0.4) is 0 Å². The lowest BCUT2D eigenvalue weighted by Gasteiger charge is -2.40. The number of aryl methyl sites for hydroxylation is 1. The van der Waals surface area contributed by atoms with Gasteiger partial charge in [0.25, 0.3) is 0 Å². The summed E-state index contributed by atoms with van der Waals surface area (Å²) in [5.41, 5.74) is 1.58. The summed E-state index contributed by atoms with van der Waals surface area (Å²) < 4.78 is 5.52. The molecule has 0 unspecified atom stereocenters. The van der Waals surface area contributed by atoms with E-state index in [-0.39, 0.29) is 11.7 Å². The van der Waals surface area contributed by atoms with Gasteiger partial charge < -0.3 is 9.52 Å². The number of carbonyl (C=O) groups is 1. The summed E-state index contributed by atoms with van der Waals surface area (Å²) in [6.45, 7) is 5.15. The summed E-state index contributed by atoms with van der Waals surface area (Å²) in [6.07, 6.45) is 1.96. The molecule has 1 aliphatic carbocycles. The number of aromatic nitrogens is 2. The Labute approximate surface area is 117 Å². The van der Waals surface area contributed by atoms with Crippen molar-refractivity contribution in [1.29, 1.82) is 0 Å². The molecule has 3 rings (SSSR count). The topological polar surface area (TPSA) is 79.1 Å². The molecule has 20 heavy (non-hydrogen) atoms. The van der Waals surface area contributed by atoms with Gasteiger partial charge in [-0.15, -0.1) is 0 Å². The average molecular weight is 274 g/mol. The number of rotatable bonds is 2. The minimum atomic E-state index is -1.13. The Bertz CT molecular complexity index is 640. The molecule has 0 aromatic carbocycles. The minimum absolute atomic E-state index is 0.0392. The van der Waals surface area contributed by atoms with Gasteiger partial charge in [0.2, 0.25) is 0 Å². The summed E-state index contributed by atoms with van der Waals surface area (Å²) in [5.74, 6) is -0.170. The summed E-state index contributed by atoms with van der Waals surface area (Å²) in [6, 6.07) is 3.64. The first-order valence-corrected chi connectivity index (χ1v) is 6.72. The summed E-state index contributed by atoms with van der Waals surface area (Å²) in [5, 5.41) is 17.9. The van der Waals surface area contributed by atoms with Gasteiger partial charge in [-0.2, -0.15) is 5.10 Å². The Morgan fingerprint density at radius 2 is 2.35 bits per heavy atom. The fraction of sp³-hybridized carbons (Fsp3) is 0.467. The molecule has 106 valence electrons. The highest BCUT2D eigenvalue weighted by molar-refractivity contribution is 5.82. The zero-order valence-electron chi connectivity index (χ0n) is 11.8. The Morgan fingerprint density at radius 3 is 2.95 bits per heavy atom. The lowest BCUT2D eigenvalue weighted by atomic mass is 9.66. The van der Waals surface area contributed by atoms with Crippen LogP contribution in [0.2, 0.25) is 0 Å². The van der Waals surface area contributed by atoms with E-state index in [0.29, 0.717) is 12.2 Å². The fourth-order valence-corrected chi connectivity index (χ4v) is 3.46. The van der Waals surface area contributed by atoms with Gasteiger partial charge in [-0.05, 0) is 32.9 Å². The summed E-state index contributed by atoms with van der Waals surface area (Å²) in [4.78, 5) is 12.1. The molecule has 2 aromatic rings. The predicted octanol–water partition coefficient (Wildman–Crippen LogP) is 1.96. The van der Waals surface area contributed by atoms with E-state index in [9.17, 15) is 9.90 Å². The van der Waals surface area contributed by atoms with Gasteiger partial charge in [-0.1, -0.05) is 0 Å². The van der Waals surface area contributed by atoms with Crippen molar-refractivity contribution in [2.24, 2.45) is 5.92 Å². The van der Waals surface area contributed by atoms with Crippen LogP contribution in [0, 0.1) is 12.8 Å². The third kappa shape index (κ3) is 1.81. The van der Waals surface area contributed by atoms with Crippen molar-refractivity contribution >= 4 is 5.78 Å². The summed E-state index contributed by atoms with van der Waals surface area (Å²) >= 11 is 0. The van der Waals surface area contributed by atoms with E-state index in [1.807, 2.05) is 13.0 Å².